The molecule has 2 aromatic rings. The number of rotatable bonds is 7. The normalized spacial score (nSPS) is 14.8. The lowest BCUT2D eigenvalue weighted by molar-refractivity contribution is -0.134. The van der Waals surface area contributed by atoms with E-state index in [0.29, 0.717) is 0 Å². The minimum atomic E-state index is -0.0285. The number of benzene rings is 2. The Bertz CT molecular complexity index is 789. The zero-order chi connectivity index (χ0) is 20.6. The number of carbonyl (C=O) groups is 2. The summed E-state index contributed by atoms with van der Waals surface area (Å²) in [7, 11) is 3.58. The molecule has 29 heavy (non-hydrogen) atoms. The molecule has 0 spiro atoms. The Balaban J connectivity index is 1.41. The van der Waals surface area contributed by atoms with Gasteiger partial charge in [-0.3, -0.25) is 19.4 Å². The Hall–Kier alpha value is -2.70. The Morgan fingerprint density at radius 2 is 1.41 bits per heavy atom. The second-order valence-corrected chi connectivity index (χ2v) is 7.60. The second kappa shape index (κ2) is 10.2. The number of para-hydroxylation sites is 1. The van der Waals surface area contributed by atoms with Crippen molar-refractivity contribution >= 4 is 17.5 Å². The van der Waals surface area contributed by atoms with Crippen LogP contribution in [0.2, 0.25) is 0 Å². The molecule has 154 valence electrons. The van der Waals surface area contributed by atoms with Crippen molar-refractivity contribution in [1.29, 1.82) is 0 Å². The maximum absolute atomic E-state index is 12.6. The molecule has 0 atom stereocenters. The molecule has 0 unspecified atom stereocenters. The fraction of sp³-hybridized carbons (Fsp3) is 0.391. The summed E-state index contributed by atoms with van der Waals surface area (Å²) in [6.45, 7) is 4.61. The number of hydrogen-bond donors (Lipinski definition) is 0. The van der Waals surface area contributed by atoms with Crippen molar-refractivity contribution in [2.24, 2.45) is 0 Å². The standard InChI is InChI=1S/C23H30N4O2/c1-24(18-22(28)25(2)21-11-7-4-8-12-21)19-23(29)27-15-13-26(14-16-27)17-20-9-5-3-6-10-20/h3-12H,13-19H2,1-2H3. The predicted molar refractivity (Wildman–Crippen MR) is 116 cm³/mol. The summed E-state index contributed by atoms with van der Waals surface area (Å²) in [6.07, 6.45) is 0. The van der Waals surface area contributed by atoms with Crippen LogP contribution in [-0.4, -0.2) is 79.9 Å². The van der Waals surface area contributed by atoms with Gasteiger partial charge in [0.1, 0.15) is 0 Å². The summed E-state index contributed by atoms with van der Waals surface area (Å²) in [5.74, 6) is 0.0567. The molecule has 0 aliphatic carbocycles. The molecular formula is C23H30N4O2. The molecule has 1 fully saturated rings. The largest absolute Gasteiger partial charge is 0.339 e. The Morgan fingerprint density at radius 3 is 2.03 bits per heavy atom. The third-order valence-corrected chi connectivity index (χ3v) is 5.30. The highest BCUT2D eigenvalue weighted by Crippen LogP contribution is 2.12. The molecule has 0 N–H and O–H groups in total. The zero-order valence-corrected chi connectivity index (χ0v) is 17.3. The Morgan fingerprint density at radius 1 is 0.828 bits per heavy atom. The van der Waals surface area contributed by atoms with Gasteiger partial charge < -0.3 is 9.80 Å². The van der Waals surface area contributed by atoms with Gasteiger partial charge in [-0.2, -0.15) is 0 Å². The summed E-state index contributed by atoms with van der Waals surface area (Å²) in [5, 5.41) is 0. The SMILES string of the molecule is CN(CC(=O)N1CCN(Cc2ccccc2)CC1)CC(=O)N(C)c1ccccc1. The molecule has 6 nitrogen and oxygen atoms in total. The minimum Gasteiger partial charge on any atom is -0.339 e. The number of amides is 2. The van der Waals surface area contributed by atoms with Gasteiger partial charge >= 0.3 is 0 Å². The molecule has 0 saturated carbocycles. The number of anilines is 1. The molecule has 0 aromatic heterocycles. The number of likely N-dealkylation sites (N-methyl/N-ethyl adjacent to an activating group) is 2. The zero-order valence-electron chi connectivity index (χ0n) is 17.3. The monoisotopic (exact) mass is 394 g/mol. The van der Waals surface area contributed by atoms with E-state index in [9.17, 15) is 9.59 Å². The van der Waals surface area contributed by atoms with Crippen molar-refractivity contribution < 1.29 is 9.59 Å². The maximum Gasteiger partial charge on any atom is 0.240 e. The predicted octanol–water partition coefficient (Wildman–Crippen LogP) is 1.93. The van der Waals surface area contributed by atoms with Gasteiger partial charge in [-0.25, -0.2) is 0 Å². The van der Waals surface area contributed by atoms with Gasteiger partial charge in [-0.05, 0) is 24.7 Å². The first kappa shape index (κ1) is 21.0. The molecule has 2 aromatic carbocycles. The minimum absolute atomic E-state index is 0.0285. The quantitative estimate of drug-likeness (QED) is 0.720. The van der Waals surface area contributed by atoms with Crippen LogP contribution in [0.4, 0.5) is 5.69 Å². The molecule has 6 heteroatoms. The van der Waals surface area contributed by atoms with Crippen molar-refractivity contribution in [2.75, 3.05) is 58.3 Å². The summed E-state index contributed by atoms with van der Waals surface area (Å²) >= 11 is 0. The van der Waals surface area contributed by atoms with Crippen molar-refractivity contribution in [2.45, 2.75) is 6.54 Å². The molecular weight excluding hydrogens is 364 g/mol. The van der Waals surface area contributed by atoms with Gasteiger partial charge in [-0.1, -0.05) is 48.5 Å². The molecule has 3 rings (SSSR count). The van der Waals surface area contributed by atoms with Crippen LogP contribution in [0.25, 0.3) is 0 Å². The van der Waals surface area contributed by atoms with Crippen molar-refractivity contribution in [3.05, 3.63) is 66.2 Å². The smallest absolute Gasteiger partial charge is 0.240 e. The number of piperazine rings is 1. The molecule has 1 saturated heterocycles. The highest BCUT2D eigenvalue weighted by Gasteiger charge is 2.23. The highest BCUT2D eigenvalue weighted by molar-refractivity contribution is 5.94. The van der Waals surface area contributed by atoms with Crippen molar-refractivity contribution in [1.82, 2.24) is 14.7 Å². The second-order valence-electron chi connectivity index (χ2n) is 7.60. The van der Waals surface area contributed by atoms with Gasteiger partial charge in [0, 0.05) is 45.5 Å². The average molecular weight is 395 g/mol. The average Bonchev–Trinajstić information content (AvgIpc) is 2.75. The van der Waals surface area contributed by atoms with E-state index in [4.69, 9.17) is 0 Å². The van der Waals surface area contributed by atoms with Crippen LogP contribution in [-0.2, 0) is 16.1 Å². The van der Waals surface area contributed by atoms with E-state index in [2.05, 4.69) is 29.2 Å². The van der Waals surface area contributed by atoms with Crippen LogP contribution in [0.5, 0.6) is 0 Å². The fourth-order valence-electron chi connectivity index (χ4n) is 3.52. The highest BCUT2D eigenvalue weighted by atomic mass is 16.2. The third kappa shape index (κ3) is 6.14. The van der Waals surface area contributed by atoms with E-state index in [1.165, 1.54) is 5.56 Å². The van der Waals surface area contributed by atoms with Crippen LogP contribution >= 0.6 is 0 Å². The summed E-state index contributed by atoms with van der Waals surface area (Å²) in [6, 6.07) is 19.9. The summed E-state index contributed by atoms with van der Waals surface area (Å²) in [5.41, 5.74) is 2.15. The van der Waals surface area contributed by atoms with Crippen LogP contribution in [0.15, 0.2) is 60.7 Å². The number of hydrogen-bond acceptors (Lipinski definition) is 4. The fourth-order valence-corrected chi connectivity index (χ4v) is 3.52. The van der Waals surface area contributed by atoms with Crippen LogP contribution < -0.4 is 4.90 Å². The van der Waals surface area contributed by atoms with E-state index >= 15 is 0 Å². The summed E-state index contributed by atoms with van der Waals surface area (Å²) < 4.78 is 0. The first-order valence-electron chi connectivity index (χ1n) is 10.1. The van der Waals surface area contributed by atoms with E-state index in [0.717, 1.165) is 38.4 Å². The third-order valence-electron chi connectivity index (χ3n) is 5.30. The van der Waals surface area contributed by atoms with E-state index in [-0.39, 0.29) is 24.9 Å². The van der Waals surface area contributed by atoms with Gasteiger partial charge in [0.2, 0.25) is 11.8 Å². The molecule has 2 amide bonds. The molecule has 1 heterocycles. The lowest BCUT2D eigenvalue weighted by Crippen LogP contribution is -2.51. The summed E-state index contributed by atoms with van der Waals surface area (Å²) in [4.78, 5) is 32.8. The lowest BCUT2D eigenvalue weighted by atomic mass is 10.2. The van der Waals surface area contributed by atoms with Crippen molar-refractivity contribution in [3.63, 3.8) is 0 Å². The first-order valence-corrected chi connectivity index (χ1v) is 10.1. The maximum atomic E-state index is 12.6. The molecule has 0 bridgehead atoms. The number of carbonyl (C=O) groups excluding carboxylic acids is 2. The van der Waals surface area contributed by atoms with Crippen LogP contribution in [0.3, 0.4) is 0 Å². The topological polar surface area (TPSA) is 47.1 Å². The lowest BCUT2D eigenvalue weighted by Gasteiger charge is -2.35. The molecule has 0 radical (unpaired) electrons. The van der Waals surface area contributed by atoms with Gasteiger partial charge in [-0.15, -0.1) is 0 Å². The van der Waals surface area contributed by atoms with E-state index < -0.39 is 0 Å². The van der Waals surface area contributed by atoms with E-state index in [1.807, 2.05) is 48.3 Å². The number of nitrogens with zero attached hydrogens (tertiary/aromatic N) is 4. The van der Waals surface area contributed by atoms with Crippen molar-refractivity contribution in [3.8, 4) is 0 Å². The van der Waals surface area contributed by atoms with Gasteiger partial charge in [0.15, 0.2) is 0 Å². The Labute approximate surface area is 173 Å². The molecule has 1 aliphatic heterocycles. The van der Waals surface area contributed by atoms with Gasteiger partial charge in [0.25, 0.3) is 0 Å². The molecule has 1 aliphatic rings. The first-order chi connectivity index (χ1) is 14.0. The van der Waals surface area contributed by atoms with Crippen LogP contribution in [0.1, 0.15) is 5.56 Å². The van der Waals surface area contributed by atoms with E-state index in [1.54, 1.807) is 16.8 Å². The Kier molecular flexibility index (Phi) is 7.38. The van der Waals surface area contributed by atoms with Crippen LogP contribution in [0, 0.1) is 0 Å². The van der Waals surface area contributed by atoms with Gasteiger partial charge in [0.05, 0.1) is 13.1 Å².